The molecule has 4 aromatic rings. The van der Waals surface area contributed by atoms with E-state index in [0.717, 1.165) is 29.3 Å². The van der Waals surface area contributed by atoms with Gasteiger partial charge in [0, 0.05) is 29.7 Å². The van der Waals surface area contributed by atoms with Crippen molar-refractivity contribution in [2.45, 2.75) is 12.8 Å². The van der Waals surface area contributed by atoms with E-state index in [1.165, 1.54) is 0 Å². The van der Waals surface area contributed by atoms with Crippen molar-refractivity contribution in [2.24, 2.45) is 5.92 Å². The highest BCUT2D eigenvalue weighted by molar-refractivity contribution is 6.13. The lowest BCUT2D eigenvalue weighted by molar-refractivity contribution is -0.117. The molecule has 1 heterocycles. The van der Waals surface area contributed by atoms with Crippen molar-refractivity contribution in [2.75, 3.05) is 10.6 Å². The van der Waals surface area contributed by atoms with Gasteiger partial charge in [-0.25, -0.2) is 4.98 Å². The second kappa shape index (κ2) is 7.48. The van der Waals surface area contributed by atoms with Gasteiger partial charge in [0.25, 0.3) is 5.91 Å². The summed E-state index contributed by atoms with van der Waals surface area (Å²) >= 11 is 0. The van der Waals surface area contributed by atoms with Crippen LogP contribution < -0.4 is 10.6 Å². The van der Waals surface area contributed by atoms with E-state index in [0.29, 0.717) is 16.9 Å². The lowest BCUT2D eigenvalue weighted by Crippen LogP contribution is -2.19. The summed E-state index contributed by atoms with van der Waals surface area (Å²) < 4.78 is 1.89. The number of anilines is 2. The fourth-order valence-electron chi connectivity index (χ4n) is 3.44. The number of aromatic nitrogens is 2. The van der Waals surface area contributed by atoms with Crippen LogP contribution in [0.2, 0.25) is 0 Å². The van der Waals surface area contributed by atoms with Gasteiger partial charge in [-0.15, -0.1) is 0 Å². The van der Waals surface area contributed by atoms with Crippen molar-refractivity contribution in [3.63, 3.8) is 0 Å². The maximum atomic E-state index is 13.1. The number of nitrogens with one attached hydrogen (secondary N) is 2. The van der Waals surface area contributed by atoms with Gasteiger partial charge in [0.15, 0.2) is 0 Å². The van der Waals surface area contributed by atoms with E-state index in [1.54, 1.807) is 12.5 Å². The van der Waals surface area contributed by atoms with Crippen molar-refractivity contribution in [1.29, 1.82) is 0 Å². The molecule has 0 radical (unpaired) electrons. The van der Waals surface area contributed by atoms with Crippen molar-refractivity contribution in [3.8, 4) is 5.69 Å². The molecule has 6 nitrogen and oxygen atoms in total. The predicted molar refractivity (Wildman–Crippen MR) is 117 cm³/mol. The van der Waals surface area contributed by atoms with Gasteiger partial charge in [-0.05, 0) is 60.0 Å². The topological polar surface area (TPSA) is 76.0 Å². The Kier molecular flexibility index (Phi) is 4.52. The highest BCUT2D eigenvalue weighted by Crippen LogP contribution is 2.32. The summed E-state index contributed by atoms with van der Waals surface area (Å²) in [7, 11) is 0. The second-order valence-electron chi connectivity index (χ2n) is 7.48. The van der Waals surface area contributed by atoms with Gasteiger partial charge in [-0.2, -0.15) is 0 Å². The van der Waals surface area contributed by atoms with E-state index in [-0.39, 0.29) is 17.7 Å². The molecule has 1 aromatic heterocycles. The van der Waals surface area contributed by atoms with Crippen molar-refractivity contribution in [3.05, 3.63) is 84.9 Å². The Hall–Kier alpha value is -3.93. The highest BCUT2D eigenvalue weighted by Gasteiger charge is 2.30. The second-order valence-corrected chi connectivity index (χ2v) is 7.48. The van der Waals surface area contributed by atoms with Gasteiger partial charge in [-0.3, -0.25) is 9.59 Å². The SMILES string of the molecule is O=C(Nc1ccc(-n2ccnc2)cc1)c1cc2ccccc2cc1NC(=O)C1CC1. The first-order valence-electron chi connectivity index (χ1n) is 9.91. The molecule has 6 heteroatoms. The molecule has 0 atom stereocenters. The van der Waals surface area contributed by atoms with E-state index in [4.69, 9.17) is 0 Å². The number of imidazole rings is 1. The molecule has 0 aliphatic heterocycles. The Morgan fingerprint density at radius 3 is 2.33 bits per heavy atom. The first-order chi connectivity index (χ1) is 14.7. The molecule has 0 unspecified atom stereocenters. The number of hydrogen-bond donors (Lipinski definition) is 2. The Morgan fingerprint density at radius 2 is 1.67 bits per heavy atom. The number of nitrogens with zero attached hydrogens (tertiary/aromatic N) is 2. The summed E-state index contributed by atoms with van der Waals surface area (Å²) in [4.78, 5) is 29.5. The zero-order valence-corrected chi connectivity index (χ0v) is 16.2. The van der Waals surface area contributed by atoms with Gasteiger partial charge >= 0.3 is 0 Å². The number of benzene rings is 3. The molecule has 148 valence electrons. The number of fused-ring (bicyclic) bond motifs is 1. The van der Waals surface area contributed by atoms with Crippen LogP contribution in [0, 0.1) is 5.92 Å². The molecule has 3 aromatic carbocycles. The predicted octanol–water partition coefficient (Wildman–Crippen LogP) is 4.63. The molecule has 1 aliphatic carbocycles. The van der Waals surface area contributed by atoms with Gasteiger partial charge in [-0.1, -0.05) is 24.3 Å². The van der Waals surface area contributed by atoms with Crippen LogP contribution in [0.1, 0.15) is 23.2 Å². The van der Waals surface area contributed by atoms with E-state index in [2.05, 4.69) is 15.6 Å². The monoisotopic (exact) mass is 396 g/mol. The summed E-state index contributed by atoms with van der Waals surface area (Å²) in [5.41, 5.74) is 2.62. The first kappa shape index (κ1) is 18.1. The summed E-state index contributed by atoms with van der Waals surface area (Å²) in [5, 5.41) is 7.81. The van der Waals surface area contributed by atoms with E-state index in [1.807, 2.05) is 71.4 Å². The Bertz CT molecular complexity index is 1230. The third-order valence-corrected chi connectivity index (χ3v) is 5.26. The van der Waals surface area contributed by atoms with E-state index < -0.39 is 0 Å². The number of carbonyl (C=O) groups is 2. The fraction of sp³-hybridized carbons (Fsp3) is 0.125. The molecule has 30 heavy (non-hydrogen) atoms. The summed E-state index contributed by atoms with van der Waals surface area (Å²) in [5.74, 6) is -0.227. The van der Waals surface area contributed by atoms with E-state index >= 15 is 0 Å². The molecule has 0 saturated heterocycles. The Balaban J connectivity index is 1.43. The third-order valence-electron chi connectivity index (χ3n) is 5.26. The first-order valence-corrected chi connectivity index (χ1v) is 9.91. The van der Waals surface area contributed by atoms with Crippen LogP contribution in [0.3, 0.4) is 0 Å². The van der Waals surface area contributed by atoms with Gasteiger partial charge in [0.05, 0.1) is 17.6 Å². The summed E-state index contributed by atoms with van der Waals surface area (Å²) in [6.07, 6.45) is 7.11. The van der Waals surface area contributed by atoms with E-state index in [9.17, 15) is 9.59 Å². The molecular formula is C24H20N4O2. The molecule has 0 bridgehead atoms. The molecule has 1 fully saturated rings. The lowest BCUT2D eigenvalue weighted by atomic mass is 10.0. The maximum absolute atomic E-state index is 13.1. The number of amides is 2. The van der Waals surface area contributed by atoms with Gasteiger partial charge in [0.2, 0.25) is 5.91 Å². The molecule has 2 N–H and O–H groups in total. The van der Waals surface area contributed by atoms with Crippen LogP contribution in [0.25, 0.3) is 16.5 Å². The summed E-state index contributed by atoms with van der Waals surface area (Å²) in [6, 6.07) is 19.0. The quantitative estimate of drug-likeness (QED) is 0.517. The van der Waals surface area contributed by atoms with Crippen molar-refractivity contribution in [1.82, 2.24) is 9.55 Å². The van der Waals surface area contributed by atoms with Crippen LogP contribution in [0.4, 0.5) is 11.4 Å². The minimum atomic E-state index is -0.262. The average molecular weight is 396 g/mol. The van der Waals surface area contributed by atoms with Gasteiger partial charge < -0.3 is 15.2 Å². The average Bonchev–Trinajstić information content (AvgIpc) is 3.48. The maximum Gasteiger partial charge on any atom is 0.257 e. The number of hydrogen-bond acceptors (Lipinski definition) is 3. The Labute approximate surface area is 173 Å². The van der Waals surface area contributed by atoms with Crippen molar-refractivity contribution >= 4 is 34.0 Å². The zero-order chi connectivity index (χ0) is 20.5. The third kappa shape index (κ3) is 3.67. The van der Waals surface area contributed by atoms with Crippen LogP contribution >= 0.6 is 0 Å². The van der Waals surface area contributed by atoms with Crippen LogP contribution in [-0.4, -0.2) is 21.4 Å². The standard InChI is InChI=1S/C24H20N4O2/c29-23(16-5-6-16)27-22-14-18-4-2-1-3-17(18)13-21(22)24(30)26-19-7-9-20(10-8-19)28-12-11-25-15-28/h1-4,7-16H,5-6H2,(H,26,30)(H,27,29). The minimum absolute atomic E-state index is 0.0241. The number of carbonyl (C=O) groups excluding carboxylic acids is 2. The van der Waals surface area contributed by atoms with Crippen LogP contribution in [0.15, 0.2) is 79.4 Å². The fourth-order valence-corrected chi connectivity index (χ4v) is 3.44. The van der Waals surface area contributed by atoms with Crippen LogP contribution in [0.5, 0.6) is 0 Å². The lowest BCUT2D eigenvalue weighted by Gasteiger charge is -2.13. The molecule has 1 saturated carbocycles. The van der Waals surface area contributed by atoms with Crippen LogP contribution in [-0.2, 0) is 4.79 Å². The molecule has 2 amide bonds. The molecule has 0 spiro atoms. The molecular weight excluding hydrogens is 376 g/mol. The molecule has 5 rings (SSSR count). The van der Waals surface area contributed by atoms with Gasteiger partial charge in [0.1, 0.15) is 0 Å². The molecule has 1 aliphatic rings. The number of rotatable bonds is 5. The highest BCUT2D eigenvalue weighted by atomic mass is 16.2. The Morgan fingerprint density at radius 1 is 0.933 bits per heavy atom. The largest absolute Gasteiger partial charge is 0.325 e. The summed E-state index contributed by atoms with van der Waals surface area (Å²) in [6.45, 7) is 0. The smallest absolute Gasteiger partial charge is 0.257 e. The normalized spacial score (nSPS) is 13.2. The minimum Gasteiger partial charge on any atom is -0.325 e. The van der Waals surface area contributed by atoms with Crippen molar-refractivity contribution < 1.29 is 9.59 Å². The zero-order valence-electron chi connectivity index (χ0n) is 16.2.